The number of hydrogen-bond acceptors (Lipinski definition) is 5. The smallest absolute Gasteiger partial charge is 0.305 e. The van der Waals surface area contributed by atoms with E-state index in [0.29, 0.717) is 19.4 Å². The van der Waals surface area contributed by atoms with Crippen molar-refractivity contribution in [1.29, 1.82) is 0 Å². The lowest BCUT2D eigenvalue weighted by atomic mass is 10.0. The quantitative estimate of drug-likeness (QED) is 0.0321. The highest BCUT2D eigenvalue weighted by Crippen LogP contribution is 2.17. The Morgan fingerprint density at radius 3 is 1.13 bits per heavy atom. The number of hydrogen-bond donors (Lipinski definition) is 3. The van der Waals surface area contributed by atoms with E-state index in [9.17, 15) is 19.8 Å². The SMILES string of the molecule is CCCCCCCCCCCCCC/C=C/C(O)C(CO)NC(=O)CCCCCCCCCCCCCCCC/C=C\C/C=C\CCOC(=O)CCCCCCCCCCCCCCCCC. The van der Waals surface area contributed by atoms with Gasteiger partial charge >= 0.3 is 5.97 Å². The Morgan fingerprint density at radius 1 is 0.418 bits per heavy atom. The van der Waals surface area contributed by atoms with E-state index < -0.39 is 12.1 Å². The molecule has 0 aliphatic rings. The first-order chi connectivity index (χ1) is 33.0. The van der Waals surface area contributed by atoms with Crippen LogP contribution in [0.1, 0.15) is 316 Å². The molecule has 0 aromatic carbocycles. The van der Waals surface area contributed by atoms with Crippen molar-refractivity contribution in [1.82, 2.24) is 5.32 Å². The first kappa shape index (κ1) is 65.1. The number of carbonyl (C=O) groups is 2. The van der Waals surface area contributed by atoms with E-state index >= 15 is 0 Å². The second-order valence-corrected chi connectivity index (χ2v) is 20.3. The largest absolute Gasteiger partial charge is 0.465 e. The summed E-state index contributed by atoms with van der Waals surface area (Å²) in [5.41, 5.74) is 0. The van der Waals surface area contributed by atoms with E-state index in [-0.39, 0.29) is 18.5 Å². The predicted molar refractivity (Wildman–Crippen MR) is 292 cm³/mol. The molecule has 0 saturated heterocycles. The third-order valence-corrected chi connectivity index (χ3v) is 13.7. The molecule has 0 spiro atoms. The number of rotatable bonds is 55. The molecule has 0 heterocycles. The molecule has 6 nitrogen and oxygen atoms in total. The van der Waals surface area contributed by atoms with Gasteiger partial charge in [0.15, 0.2) is 0 Å². The lowest BCUT2D eigenvalue weighted by Gasteiger charge is -2.20. The van der Waals surface area contributed by atoms with Gasteiger partial charge in [-0.1, -0.05) is 288 Å². The zero-order valence-electron chi connectivity index (χ0n) is 44.9. The third-order valence-electron chi connectivity index (χ3n) is 13.7. The van der Waals surface area contributed by atoms with Gasteiger partial charge in [-0.2, -0.15) is 0 Å². The van der Waals surface area contributed by atoms with E-state index in [1.54, 1.807) is 6.08 Å². The number of unbranched alkanes of at least 4 members (excludes halogenated alkanes) is 40. The summed E-state index contributed by atoms with van der Waals surface area (Å²) >= 11 is 0. The molecular weight excluding hydrogens is 827 g/mol. The predicted octanol–water partition coefficient (Wildman–Crippen LogP) is 18.4. The van der Waals surface area contributed by atoms with E-state index in [2.05, 4.69) is 43.5 Å². The Hall–Kier alpha value is -1.92. The molecule has 67 heavy (non-hydrogen) atoms. The summed E-state index contributed by atoms with van der Waals surface area (Å²) in [5, 5.41) is 23.1. The van der Waals surface area contributed by atoms with Crippen molar-refractivity contribution in [2.45, 2.75) is 328 Å². The van der Waals surface area contributed by atoms with Gasteiger partial charge in [-0.15, -0.1) is 0 Å². The average molecular weight is 943 g/mol. The zero-order valence-corrected chi connectivity index (χ0v) is 44.9. The summed E-state index contributed by atoms with van der Waals surface area (Å²) in [7, 11) is 0. The van der Waals surface area contributed by atoms with Crippen molar-refractivity contribution < 1.29 is 24.5 Å². The molecule has 2 unspecified atom stereocenters. The van der Waals surface area contributed by atoms with Crippen LogP contribution < -0.4 is 5.32 Å². The topological polar surface area (TPSA) is 95.9 Å². The molecule has 0 aromatic heterocycles. The summed E-state index contributed by atoms with van der Waals surface area (Å²) < 4.78 is 5.42. The van der Waals surface area contributed by atoms with Crippen LogP contribution >= 0.6 is 0 Å². The standard InChI is InChI=1S/C61H115NO5/c1-3-5-7-9-11-13-15-17-26-31-35-39-43-47-51-55-61(66)67-56-52-48-44-40-36-32-28-25-23-21-19-20-22-24-27-30-34-38-42-46-50-54-60(65)62-58(57-63)59(64)53-49-45-41-37-33-29-18-16-14-12-10-8-6-4-2/h32,36,44,48-49,53,58-59,63-64H,3-31,33-35,37-43,45-47,50-52,54-57H2,1-2H3,(H,62,65)/b36-32-,48-44-,53-49+. The van der Waals surface area contributed by atoms with Gasteiger partial charge in [0, 0.05) is 12.8 Å². The van der Waals surface area contributed by atoms with Gasteiger partial charge in [0.1, 0.15) is 0 Å². The summed E-state index contributed by atoms with van der Waals surface area (Å²) in [5.74, 6) is -0.105. The van der Waals surface area contributed by atoms with Gasteiger partial charge in [-0.3, -0.25) is 9.59 Å². The molecule has 1 amide bonds. The maximum atomic E-state index is 12.4. The first-order valence-corrected chi connectivity index (χ1v) is 29.8. The van der Waals surface area contributed by atoms with E-state index in [1.807, 2.05) is 6.08 Å². The lowest BCUT2D eigenvalue weighted by Crippen LogP contribution is -2.45. The van der Waals surface area contributed by atoms with Crippen LogP contribution in [0, 0.1) is 0 Å². The number of amides is 1. The number of allylic oxidation sites excluding steroid dienone is 4. The fraction of sp³-hybridized carbons (Fsp3) is 0.869. The van der Waals surface area contributed by atoms with Crippen molar-refractivity contribution in [3.05, 3.63) is 36.5 Å². The number of nitrogens with one attached hydrogen (secondary N) is 1. The van der Waals surface area contributed by atoms with Gasteiger partial charge in [0.2, 0.25) is 5.91 Å². The Morgan fingerprint density at radius 2 is 0.746 bits per heavy atom. The monoisotopic (exact) mass is 942 g/mol. The molecule has 0 aromatic rings. The van der Waals surface area contributed by atoms with Crippen molar-refractivity contribution >= 4 is 11.9 Å². The number of ether oxygens (including phenoxy) is 1. The highest BCUT2D eigenvalue weighted by Gasteiger charge is 2.18. The van der Waals surface area contributed by atoms with Crippen LogP contribution in [0.25, 0.3) is 0 Å². The van der Waals surface area contributed by atoms with Crippen LogP contribution in [0.2, 0.25) is 0 Å². The molecular formula is C61H115NO5. The molecule has 3 N–H and O–H groups in total. The third kappa shape index (κ3) is 53.3. The van der Waals surface area contributed by atoms with Crippen LogP contribution in [0.3, 0.4) is 0 Å². The molecule has 2 atom stereocenters. The van der Waals surface area contributed by atoms with Crippen molar-refractivity contribution in [2.24, 2.45) is 0 Å². The minimum absolute atomic E-state index is 0.0331. The van der Waals surface area contributed by atoms with Gasteiger partial charge in [-0.25, -0.2) is 0 Å². The molecule has 0 bridgehead atoms. The Balaban J connectivity index is 3.47. The van der Waals surface area contributed by atoms with Crippen LogP contribution in [-0.2, 0) is 14.3 Å². The minimum Gasteiger partial charge on any atom is -0.465 e. The van der Waals surface area contributed by atoms with Gasteiger partial charge in [-0.05, 0) is 51.4 Å². The van der Waals surface area contributed by atoms with Crippen LogP contribution in [-0.4, -0.2) is 47.4 Å². The normalized spacial score (nSPS) is 12.8. The van der Waals surface area contributed by atoms with E-state index in [1.165, 1.54) is 238 Å². The first-order valence-electron chi connectivity index (χ1n) is 29.8. The maximum absolute atomic E-state index is 12.4. The Bertz CT molecular complexity index is 1090. The average Bonchev–Trinajstić information content (AvgIpc) is 3.33. The molecule has 6 heteroatoms. The summed E-state index contributed by atoms with van der Waals surface area (Å²) in [6.45, 7) is 4.80. The molecule has 0 aliphatic heterocycles. The summed E-state index contributed by atoms with van der Waals surface area (Å²) in [4.78, 5) is 24.5. The molecule has 0 saturated carbocycles. The maximum Gasteiger partial charge on any atom is 0.305 e. The fourth-order valence-electron chi connectivity index (χ4n) is 9.12. The van der Waals surface area contributed by atoms with Gasteiger partial charge in [0.05, 0.1) is 25.4 Å². The second kappa shape index (κ2) is 56.7. The van der Waals surface area contributed by atoms with E-state index in [0.717, 1.165) is 51.4 Å². The summed E-state index contributed by atoms with van der Waals surface area (Å²) in [6.07, 6.45) is 70.5. The van der Waals surface area contributed by atoms with Crippen LogP contribution in [0.15, 0.2) is 36.5 Å². The number of aliphatic hydroxyl groups is 2. The zero-order chi connectivity index (χ0) is 48.6. The summed E-state index contributed by atoms with van der Waals surface area (Å²) in [6, 6.07) is -0.631. The highest BCUT2D eigenvalue weighted by atomic mass is 16.5. The molecule has 394 valence electrons. The van der Waals surface area contributed by atoms with Crippen molar-refractivity contribution in [3.63, 3.8) is 0 Å². The minimum atomic E-state index is -0.847. The number of aliphatic hydroxyl groups excluding tert-OH is 2. The lowest BCUT2D eigenvalue weighted by molar-refractivity contribution is -0.143. The van der Waals surface area contributed by atoms with Gasteiger partial charge < -0.3 is 20.3 Å². The van der Waals surface area contributed by atoms with Crippen LogP contribution in [0.4, 0.5) is 0 Å². The second-order valence-electron chi connectivity index (χ2n) is 20.3. The number of esters is 1. The Labute approximate surface area is 417 Å². The molecule has 0 aliphatic carbocycles. The number of carbonyl (C=O) groups excluding carboxylic acids is 2. The van der Waals surface area contributed by atoms with Crippen molar-refractivity contribution in [3.8, 4) is 0 Å². The van der Waals surface area contributed by atoms with E-state index in [4.69, 9.17) is 4.74 Å². The molecule has 0 fully saturated rings. The Kier molecular flexibility index (Phi) is 55.0. The molecule has 0 rings (SSSR count). The highest BCUT2D eigenvalue weighted by molar-refractivity contribution is 5.76. The molecule has 0 radical (unpaired) electrons. The van der Waals surface area contributed by atoms with Gasteiger partial charge in [0.25, 0.3) is 0 Å². The van der Waals surface area contributed by atoms with Crippen LogP contribution in [0.5, 0.6) is 0 Å². The fourth-order valence-corrected chi connectivity index (χ4v) is 9.12. The van der Waals surface area contributed by atoms with Crippen molar-refractivity contribution in [2.75, 3.05) is 13.2 Å².